The van der Waals surface area contributed by atoms with Crippen LogP contribution in [0.4, 0.5) is 10.5 Å². The molecule has 0 radical (unpaired) electrons. The molecule has 2 amide bonds. The maximum atomic E-state index is 11.1. The fourth-order valence-corrected chi connectivity index (χ4v) is 1.80. The summed E-state index contributed by atoms with van der Waals surface area (Å²) in [5.41, 5.74) is 2.43. The smallest absolute Gasteiger partial charge is 0.314 e. The van der Waals surface area contributed by atoms with Crippen molar-refractivity contribution < 1.29 is 4.79 Å². The van der Waals surface area contributed by atoms with Crippen LogP contribution in [0.3, 0.4) is 0 Å². The number of rotatable bonds is 1. The van der Waals surface area contributed by atoms with Gasteiger partial charge in [0, 0.05) is 19.3 Å². The normalized spacial score (nSPS) is 18.6. The monoisotopic (exact) mass is 205 g/mol. The zero-order valence-electron chi connectivity index (χ0n) is 8.71. The second kappa shape index (κ2) is 4.21. The number of nitrogens with one attached hydrogen (secondary N) is 3. The van der Waals surface area contributed by atoms with Crippen LogP contribution in [0.25, 0.3) is 0 Å². The highest BCUT2D eigenvalue weighted by atomic mass is 16.2. The molecule has 0 fully saturated rings. The van der Waals surface area contributed by atoms with E-state index >= 15 is 0 Å². The van der Waals surface area contributed by atoms with Crippen molar-refractivity contribution in [2.45, 2.75) is 12.5 Å². The number of fused-ring (bicyclic) bond motifs is 1. The summed E-state index contributed by atoms with van der Waals surface area (Å²) in [4.78, 5) is 11.1. The molecule has 0 spiro atoms. The summed E-state index contributed by atoms with van der Waals surface area (Å²) in [7, 11) is 1.62. The summed E-state index contributed by atoms with van der Waals surface area (Å²) in [6.07, 6.45) is 0.886. The fraction of sp³-hybridized carbons (Fsp3) is 0.364. The van der Waals surface area contributed by atoms with E-state index in [1.165, 1.54) is 11.3 Å². The van der Waals surface area contributed by atoms with Crippen molar-refractivity contribution in [1.82, 2.24) is 10.6 Å². The first-order valence-corrected chi connectivity index (χ1v) is 5.09. The number of para-hydroxylation sites is 1. The first-order chi connectivity index (χ1) is 7.29. The van der Waals surface area contributed by atoms with Gasteiger partial charge in [-0.05, 0) is 18.1 Å². The Hall–Kier alpha value is -1.71. The van der Waals surface area contributed by atoms with Gasteiger partial charge in [0.05, 0.1) is 6.04 Å². The molecule has 80 valence electrons. The molecule has 4 nitrogen and oxygen atoms in total. The lowest BCUT2D eigenvalue weighted by Gasteiger charge is -2.26. The number of amides is 2. The first kappa shape index (κ1) is 9.83. The lowest BCUT2D eigenvalue weighted by molar-refractivity contribution is 0.239. The topological polar surface area (TPSA) is 53.2 Å². The van der Waals surface area contributed by atoms with E-state index < -0.39 is 0 Å². The number of carbonyl (C=O) groups is 1. The van der Waals surface area contributed by atoms with E-state index in [2.05, 4.69) is 28.1 Å². The molecule has 4 heteroatoms. The molecule has 0 saturated heterocycles. The Morgan fingerprint density at radius 1 is 1.47 bits per heavy atom. The van der Waals surface area contributed by atoms with Crippen molar-refractivity contribution >= 4 is 11.7 Å². The van der Waals surface area contributed by atoms with E-state index in [1.807, 2.05) is 12.1 Å². The molecule has 1 aliphatic heterocycles. The number of benzene rings is 1. The number of urea groups is 1. The Morgan fingerprint density at radius 3 is 3.07 bits per heavy atom. The molecule has 0 bridgehead atoms. The number of hydrogen-bond donors (Lipinski definition) is 3. The molecule has 15 heavy (non-hydrogen) atoms. The van der Waals surface area contributed by atoms with Crippen LogP contribution in [0.1, 0.15) is 5.56 Å². The van der Waals surface area contributed by atoms with Crippen molar-refractivity contribution in [3.05, 3.63) is 29.8 Å². The second-order valence-electron chi connectivity index (χ2n) is 3.66. The molecule has 1 aliphatic rings. The molecule has 1 heterocycles. The van der Waals surface area contributed by atoms with Crippen LogP contribution in [-0.4, -0.2) is 25.7 Å². The van der Waals surface area contributed by atoms with Crippen LogP contribution < -0.4 is 16.0 Å². The molecule has 3 N–H and O–H groups in total. The van der Waals surface area contributed by atoms with Gasteiger partial charge in [0.25, 0.3) is 0 Å². The number of hydrogen-bond acceptors (Lipinski definition) is 2. The number of carbonyl (C=O) groups excluding carboxylic acids is 1. The summed E-state index contributed by atoms with van der Waals surface area (Å²) in [5, 5.41) is 8.75. The van der Waals surface area contributed by atoms with E-state index in [1.54, 1.807) is 7.05 Å². The molecular weight excluding hydrogens is 190 g/mol. The standard InChI is InChI=1S/C11H15N3O/c1-12-11(15)14-9-6-8-4-2-3-5-10(8)13-7-9/h2-5,9,13H,6-7H2,1H3,(H2,12,14,15)/t9-/m0/s1. The fourth-order valence-electron chi connectivity index (χ4n) is 1.80. The summed E-state index contributed by atoms with van der Waals surface area (Å²) in [6, 6.07) is 8.22. The molecule has 1 aromatic rings. The first-order valence-electron chi connectivity index (χ1n) is 5.09. The van der Waals surface area contributed by atoms with Crippen LogP contribution in [-0.2, 0) is 6.42 Å². The van der Waals surface area contributed by atoms with Crippen LogP contribution in [0.15, 0.2) is 24.3 Å². The summed E-state index contributed by atoms with van der Waals surface area (Å²) < 4.78 is 0. The predicted molar refractivity (Wildman–Crippen MR) is 60.0 cm³/mol. The van der Waals surface area contributed by atoms with E-state index in [0.717, 1.165) is 13.0 Å². The van der Waals surface area contributed by atoms with Gasteiger partial charge in [0.15, 0.2) is 0 Å². The lowest BCUT2D eigenvalue weighted by atomic mass is 10.00. The van der Waals surface area contributed by atoms with E-state index in [9.17, 15) is 4.79 Å². The highest BCUT2D eigenvalue weighted by Crippen LogP contribution is 2.20. The van der Waals surface area contributed by atoms with Gasteiger partial charge in [-0.25, -0.2) is 4.79 Å². The van der Waals surface area contributed by atoms with Gasteiger partial charge in [-0.3, -0.25) is 0 Å². The van der Waals surface area contributed by atoms with E-state index in [4.69, 9.17) is 0 Å². The van der Waals surface area contributed by atoms with E-state index in [-0.39, 0.29) is 12.1 Å². The molecule has 0 aliphatic carbocycles. The van der Waals surface area contributed by atoms with Gasteiger partial charge in [0.1, 0.15) is 0 Å². The SMILES string of the molecule is CNC(=O)N[C@@H]1CNc2ccccc2C1. The zero-order valence-corrected chi connectivity index (χ0v) is 8.71. The van der Waals surface area contributed by atoms with Crippen molar-refractivity contribution in [3.63, 3.8) is 0 Å². The summed E-state index contributed by atoms with van der Waals surface area (Å²) in [6.45, 7) is 0.782. The van der Waals surface area contributed by atoms with Crippen LogP contribution in [0, 0.1) is 0 Å². The quantitative estimate of drug-likeness (QED) is 0.639. The van der Waals surface area contributed by atoms with E-state index in [0.29, 0.717) is 0 Å². The van der Waals surface area contributed by atoms with Crippen molar-refractivity contribution in [2.75, 3.05) is 18.9 Å². The summed E-state index contributed by atoms with van der Waals surface area (Å²) in [5.74, 6) is 0. The molecule has 1 aromatic carbocycles. The Labute approximate surface area is 89.1 Å². The second-order valence-corrected chi connectivity index (χ2v) is 3.66. The van der Waals surface area contributed by atoms with Gasteiger partial charge >= 0.3 is 6.03 Å². The molecule has 1 atom stereocenters. The minimum absolute atomic E-state index is 0.124. The third-order valence-corrected chi connectivity index (χ3v) is 2.58. The van der Waals surface area contributed by atoms with Crippen LogP contribution in [0.2, 0.25) is 0 Å². The van der Waals surface area contributed by atoms with Crippen molar-refractivity contribution in [1.29, 1.82) is 0 Å². The third-order valence-electron chi connectivity index (χ3n) is 2.58. The Balaban J connectivity index is 2.02. The van der Waals surface area contributed by atoms with Gasteiger partial charge in [-0.1, -0.05) is 18.2 Å². The predicted octanol–water partition coefficient (Wildman–Crippen LogP) is 0.952. The highest BCUT2D eigenvalue weighted by Gasteiger charge is 2.18. The van der Waals surface area contributed by atoms with Gasteiger partial charge in [-0.15, -0.1) is 0 Å². The Kier molecular flexibility index (Phi) is 2.76. The molecule has 0 saturated carbocycles. The Bertz CT molecular complexity index is 365. The number of anilines is 1. The molecule has 0 aromatic heterocycles. The molecule has 0 unspecified atom stereocenters. The zero-order chi connectivity index (χ0) is 10.7. The minimum atomic E-state index is -0.124. The Morgan fingerprint density at radius 2 is 2.27 bits per heavy atom. The average molecular weight is 205 g/mol. The van der Waals surface area contributed by atoms with Crippen LogP contribution >= 0.6 is 0 Å². The molecular formula is C11H15N3O. The highest BCUT2D eigenvalue weighted by molar-refractivity contribution is 5.74. The average Bonchev–Trinajstić information content (AvgIpc) is 2.29. The summed E-state index contributed by atoms with van der Waals surface area (Å²) >= 11 is 0. The maximum absolute atomic E-state index is 11.1. The van der Waals surface area contributed by atoms with Crippen molar-refractivity contribution in [3.8, 4) is 0 Å². The van der Waals surface area contributed by atoms with Gasteiger partial charge in [-0.2, -0.15) is 0 Å². The molecule has 2 rings (SSSR count). The van der Waals surface area contributed by atoms with Crippen molar-refractivity contribution in [2.24, 2.45) is 0 Å². The van der Waals surface area contributed by atoms with Gasteiger partial charge in [0.2, 0.25) is 0 Å². The minimum Gasteiger partial charge on any atom is -0.383 e. The third kappa shape index (κ3) is 2.21. The van der Waals surface area contributed by atoms with Gasteiger partial charge < -0.3 is 16.0 Å². The maximum Gasteiger partial charge on any atom is 0.314 e. The van der Waals surface area contributed by atoms with Crippen LogP contribution in [0.5, 0.6) is 0 Å². The lowest BCUT2D eigenvalue weighted by Crippen LogP contribution is -2.46. The largest absolute Gasteiger partial charge is 0.383 e.